The van der Waals surface area contributed by atoms with Crippen molar-refractivity contribution in [1.29, 1.82) is 5.26 Å². The average molecular weight is 222 g/mol. The molecule has 1 saturated carbocycles. The molecule has 0 bridgehead atoms. The molecule has 0 spiro atoms. The van der Waals surface area contributed by atoms with Gasteiger partial charge in [-0.25, -0.2) is 0 Å². The molecule has 16 heavy (non-hydrogen) atoms. The lowest BCUT2D eigenvalue weighted by Gasteiger charge is -2.29. The Morgan fingerprint density at radius 1 is 1.12 bits per heavy atom. The van der Waals surface area contributed by atoms with Crippen molar-refractivity contribution in [3.63, 3.8) is 0 Å². The highest BCUT2D eigenvalue weighted by Crippen LogP contribution is 2.49. The van der Waals surface area contributed by atoms with Gasteiger partial charge in [0.25, 0.3) is 0 Å². The molecular formula is C14H26N2. The molecule has 1 aliphatic carbocycles. The zero-order valence-corrected chi connectivity index (χ0v) is 11.3. The summed E-state index contributed by atoms with van der Waals surface area (Å²) in [5.74, 6) is 1.44. The van der Waals surface area contributed by atoms with Crippen molar-refractivity contribution in [2.24, 2.45) is 17.3 Å². The molecule has 0 N–H and O–H groups in total. The normalized spacial score (nSPS) is 18.1. The summed E-state index contributed by atoms with van der Waals surface area (Å²) < 4.78 is 0. The van der Waals surface area contributed by atoms with Crippen molar-refractivity contribution >= 4 is 0 Å². The van der Waals surface area contributed by atoms with Crippen LogP contribution in [0.3, 0.4) is 0 Å². The number of nitrogens with zero attached hydrogens (tertiary/aromatic N) is 2. The van der Waals surface area contributed by atoms with Gasteiger partial charge in [-0.15, -0.1) is 0 Å². The molecule has 1 fully saturated rings. The Morgan fingerprint density at radius 2 is 1.62 bits per heavy atom. The number of nitriles is 1. The van der Waals surface area contributed by atoms with Crippen LogP contribution in [0.5, 0.6) is 0 Å². The minimum atomic E-state index is 0.360. The lowest BCUT2D eigenvalue weighted by molar-refractivity contribution is 0.180. The van der Waals surface area contributed by atoms with Crippen LogP contribution in [-0.2, 0) is 0 Å². The van der Waals surface area contributed by atoms with E-state index in [0.717, 1.165) is 24.8 Å². The molecule has 0 amide bonds. The number of hydrogen-bond donors (Lipinski definition) is 0. The third-order valence-corrected chi connectivity index (χ3v) is 3.22. The van der Waals surface area contributed by atoms with E-state index in [-0.39, 0.29) is 0 Å². The van der Waals surface area contributed by atoms with Crippen LogP contribution in [-0.4, -0.2) is 24.5 Å². The van der Waals surface area contributed by atoms with Gasteiger partial charge < -0.3 is 4.90 Å². The highest BCUT2D eigenvalue weighted by atomic mass is 15.1. The Balaban J connectivity index is 2.46. The lowest BCUT2D eigenvalue weighted by Crippen LogP contribution is -2.36. The fourth-order valence-electron chi connectivity index (χ4n) is 2.45. The number of hydrogen-bond acceptors (Lipinski definition) is 2. The van der Waals surface area contributed by atoms with Crippen molar-refractivity contribution in [3.8, 4) is 6.07 Å². The number of rotatable bonds is 7. The van der Waals surface area contributed by atoms with Crippen molar-refractivity contribution < 1.29 is 0 Å². The fourth-order valence-corrected chi connectivity index (χ4v) is 2.45. The predicted octanol–water partition coefficient (Wildman–Crippen LogP) is 3.29. The zero-order valence-electron chi connectivity index (χ0n) is 11.3. The zero-order chi connectivity index (χ0) is 12.2. The van der Waals surface area contributed by atoms with Crippen LogP contribution >= 0.6 is 0 Å². The molecule has 0 unspecified atom stereocenters. The maximum absolute atomic E-state index is 8.85. The van der Waals surface area contributed by atoms with Crippen molar-refractivity contribution in [2.75, 3.05) is 19.6 Å². The molecule has 0 aliphatic heterocycles. The lowest BCUT2D eigenvalue weighted by atomic mass is 10.0. The van der Waals surface area contributed by atoms with Crippen LogP contribution in [0.15, 0.2) is 0 Å². The smallest absolute Gasteiger partial charge is 0.0628 e. The summed E-state index contributed by atoms with van der Waals surface area (Å²) in [7, 11) is 0. The molecule has 0 saturated heterocycles. The Bertz CT molecular complexity index is 236. The van der Waals surface area contributed by atoms with E-state index in [9.17, 15) is 0 Å². The third-order valence-electron chi connectivity index (χ3n) is 3.22. The van der Waals surface area contributed by atoms with Gasteiger partial charge in [0.1, 0.15) is 0 Å². The Labute approximate surface area is 101 Å². The Morgan fingerprint density at radius 3 is 1.94 bits per heavy atom. The van der Waals surface area contributed by atoms with E-state index in [1.165, 1.54) is 25.9 Å². The summed E-state index contributed by atoms with van der Waals surface area (Å²) in [6.45, 7) is 12.6. The topological polar surface area (TPSA) is 27.0 Å². The molecule has 92 valence electrons. The largest absolute Gasteiger partial charge is 0.302 e. The van der Waals surface area contributed by atoms with E-state index in [1.54, 1.807) is 0 Å². The van der Waals surface area contributed by atoms with Gasteiger partial charge in [0.2, 0.25) is 0 Å². The molecule has 2 heteroatoms. The van der Waals surface area contributed by atoms with E-state index in [1.807, 2.05) is 0 Å². The van der Waals surface area contributed by atoms with Crippen LogP contribution in [0.4, 0.5) is 0 Å². The van der Waals surface area contributed by atoms with Gasteiger partial charge in [0.05, 0.1) is 6.07 Å². The molecular weight excluding hydrogens is 196 g/mol. The molecule has 0 aromatic rings. The predicted molar refractivity (Wildman–Crippen MR) is 68.0 cm³/mol. The van der Waals surface area contributed by atoms with Gasteiger partial charge in [-0.1, -0.05) is 27.7 Å². The highest BCUT2D eigenvalue weighted by molar-refractivity contribution is 5.01. The molecule has 1 rings (SSSR count). The maximum atomic E-state index is 8.85. The van der Waals surface area contributed by atoms with Crippen molar-refractivity contribution in [2.45, 2.75) is 47.0 Å². The van der Waals surface area contributed by atoms with Gasteiger partial charge in [-0.2, -0.15) is 5.26 Å². The molecule has 0 radical (unpaired) electrons. The average Bonchev–Trinajstić information content (AvgIpc) is 2.82. The summed E-state index contributed by atoms with van der Waals surface area (Å²) in [6, 6.07) is 2.36. The molecule has 0 aromatic carbocycles. The van der Waals surface area contributed by atoms with E-state index >= 15 is 0 Å². The van der Waals surface area contributed by atoms with Gasteiger partial charge in [-0.3, -0.25) is 0 Å². The monoisotopic (exact) mass is 222 g/mol. The minimum Gasteiger partial charge on any atom is -0.302 e. The molecule has 0 heterocycles. The van der Waals surface area contributed by atoms with Gasteiger partial charge in [0.15, 0.2) is 0 Å². The van der Waals surface area contributed by atoms with Gasteiger partial charge in [-0.05, 0) is 30.1 Å². The van der Waals surface area contributed by atoms with E-state index in [2.05, 4.69) is 38.7 Å². The molecule has 0 aromatic heterocycles. The quantitative estimate of drug-likeness (QED) is 0.661. The first kappa shape index (κ1) is 13.5. The third kappa shape index (κ3) is 4.53. The van der Waals surface area contributed by atoms with Crippen molar-refractivity contribution in [3.05, 3.63) is 0 Å². The molecule has 1 aliphatic rings. The second-order valence-corrected chi connectivity index (χ2v) is 6.32. The molecule has 0 atom stereocenters. The van der Waals surface area contributed by atoms with Crippen LogP contribution in [0, 0.1) is 28.6 Å². The standard InChI is InChI=1S/C14H26N2/c1-12(2)9-16(10-13(3)4)11-14(5-6-14)7-8-15/h12-13H,5-7,9-11H2,1-4H3. The summed E-state index contributed by atoms with van der Waals surface area (Å²) in [5, 5.41) is 8.85. The van der Waals surface area contributed by atoms with Crippen LogP contribution in [0.2, 0.25) is 0 Å². The van der Waals surface area contributed by atoms with E-state index in [0.29, 0.717) is 5.41 Å². The highest BCUT2D eigenvalue weighted by Gasteiger charge is 2.43. The Hall–Kier alpha value is -0.550. The van der Waals surface area contributed by atoms with Crippen molar-refractivity contribution in [1.82, 2.24) is 4.90 Å². The van der Waals surface area contributed by atoms with Crippen LogP contribution < -0.4 is 0 Å². The minimum absolute atomic E-state index is 0.360. The second kappa shape index (κ2) is 5.68. The van der Waals surface area contributed by atoms with E-state index < -0.39 is 0 Å². The van der Waals surface area contributed by atoms with Gasteiger partial charge >= 0.3 is 0 Å². The summed E-state index contributed by atoms with van der Waals surface area (Å²) >= 11 is 0. The summed E-state index contributed by atoms with van der Waals surface area (Å²) in [4.78, 5) is 2.57. The fraction of sp³-hybridized carbons (Fsp3) is 0.929. The summed E-state index contributed by atoms with van der Waals surface area (Å²) in [5.41, 5.74) is 0.360. The van der Waals surface area contributed by atoms with Crippen LogP contribution in [0.1, 0.15) is 47.0 Å². The first-order valence-corrected chi connectivity index (χ1v) is 6.57. The SMILES string of the molecule is CC(C)CN(CC(C)C)CC1(CC#N)CC1. The summed E-state index contributed by atoms with van der Waals surface area (Å²) in [6.07, 6.45) is 3.26. The first-order chi connectivity index (χ1) is 7.47. The molecule has 2 nitrogen and oxygen atoms in total. The second-order valence-electron chi connectivity index (χ2n) is 6.32. The Kier molecular flexibility index (Phi) is 4.80. The maximum Gasteiger partial charge on any atom is 0.0628 e. The van der Waals surface area contributed by atoms with Gasteiger partial charge in [0, 0.05) is 26.1 Å². The first-order valence-electron chi connectivity index (χ1n) is 6.57. The van der Waals surface area contributed by atoms with Crippen LogP contribution in [0.25, 0.3) is 0 Å². The van der Waals surface area contributed by atoms with E-state index in [4.69, 9.17) is 5.26 Å².